The van der Waals surface area contributed by atoms with Crippen LogP contribution in [-0.2, 0) is 0 Å². The van der Waals surface area contributed by atoms with E-state index in [-0.39, 0.29) is 22.4 Å². The lowest BCUT2D eigenvalue weighted by atomic mass is 9.99. The molecule has 3 nitrogen and oxygen atoms in total. The lowest BCUT2D eigenvalue weighted by Gasteiger charge is -2.27. The summed E-state index contributed by atoms with van der Waals surface area (Å²) in [6.45, 7) is 0. The van der Waals surface area contributed by atoms with Crippen LogP contribution in [0.5, 0.6) is 0 Å². The molecule has 0 spiro atoms. The second-order valence-corrected chi connectivity index (χ2v) is 12.7. The van der Waals surface area contributed by atoms with Gasteiger partial charge in [-0.05, 0) is 81.6 Å². The highest BCUT2D eigenvalue weighted by atomic mass is 16.3. The van der Waals surface area contributed by atoms with Crippen LogP contribution in [0.25, 0.3) is 88.0 Å². The molecule has 0 amide bonds. The number of nitrogens with zero attached hydrogens (tertiary/aromatic N) is 1. The minimum absolute atomic E-state index is 0.0920. The summed E-state index contributed by atoms with van der Waals surface area (Å²) < 4.78 is 167. The molecule has 0 fully saturated rings. The van der Waals surface area contributed by atoms with E-state index in [2.05, 4.69) is 0 Å². The van der Waals surface area contributed by atoms with Crippen molar-refractivity contribution in [3.63, 3.8) is 0 Å². The van der Waals surface area contributed by atoms with E-state index >= 15 is 0 Å². The van der Waals surface area contributed by atoms with Gasteiger partial charge in [-0.1, -0.05) is 151 Å². The second kappa shape index (κ2) is 12.6. The summed E-state index contributed by atoms with van der Waals surface area (Å²) in [6.07, 6.45) is 0. The van der Waals surface area contributed by atoms with Crippen molar-refractivity contribution in [2.75, 3.05) is 4.90 Å². The summed E-state index contributed by atoms with van der Waals surface area (Å²) in [4.78, 5) is 1.16. The zero-order valence-electron chi connectivity index (χ0n) is 45.5. The first-order chi connectivity index (χ1) is 34.4. The highest BCUT2D eigenvalue weighted by Gasteiger charge is 2.21. The molecule has 258 valence electrons. The molecule has 0 unspecified atom stereocenters. The van der Waals surface area contributed by atoms with Gasteiger partial charge < -0.3 is 13.7 Å². The Morgan fingerprint density at radius 2 is 1.04 bits per heavy atom. The van der Waals surface area contributed by atoms with E-state index in [1.807, 2.05) is 48.5 Å². The van der Waals surface area contributed by atoms with Crippen molar-refractivity contribution in [1.29, 1.82) is 0 Å². The maximum absolute atomic E-state index is 10.0. The average Bonchev–Trinajstić information content (AvgIpc) is 3.97. The molecular formula is C52H33NO2. The van der Waals surface area contributed by atoms with E-state index in [4.69, 9.17) is 21.2 Å². The molecule has 0 bridgehead atoms. The van der Waals surface area contributed by atoms with Gasteiger partial charge in [0, 0.05) is 38.5 Å². The molecule has 0 aliphatic carbocycles. The fourth-order valence-electron chi connectivity index (χ4n) is 7.08. The number of benzene rings is 9. The molecule has 0 saturated heterocycles. The van der Waals surface area contributed by atoms with Gasteiger partial charge in [-0.2, -0.15) is 0 Å². The van der Waals surface area contributed by atoms with Crippen LogP contribution in [0.1, 0.15) is 23.3 Å². The summed E-state index contributed by atoms with van der Waals surface area (Å²) in [5, 5.41) is 3.89. The van der Waals surface area contributed by atoms with Crippen LogP contribution in [0.3, 0.4) is 0 Å². The highest BCUT2D eigenvalue weighted by Crippen LogP contribution is 2.46. The topological polar surface area (TPSA) is 29.5 Å². The number of hydrogen-bond donors (Lipinski definition) is 0. The summed E-state index contributed by atoms with van der Waals surface area (Å²) >= 11 is 0. The van der Waals surface area contributed by atoms with E-state index in [0.29, 0.717) is 32.9 Å². The van der Waals surface area contributed by atoms with Crippen molar-refractivity contribution < 1.29 is 32.1 Å². The normalized spacial score (nSPS) is 16.0. The van der Waals surface area contributed by atoms with Crippen LogP contribution in [0.2, 0.25) is 0 Å². The molecule has 11 aromatic rings. The number of fused-ring (bicyclic) bond motifs is 8. The van der Waals surface area contributed by atoms with Crippen LogP contribution < -0.4 is 4.90 Å². The fraction of sp³-hybridized carbons (Fsp3) is 0. The van der Waals surface area contributed by atoms with Gasteiger partial charge in [-0.15, -0.1) is 0 Å². The van der Waals surface area contributed by atoms with Gasteiger partial charge in [0.2, 0.25) is 0 Å². The molecule has 0 aliphatic rings. The summed E-state index contributed by atoms with van der Waals surface area (Å²) in [7, 11) is 0. The maximum atomic E-state index is 10.0. The fourth-order valence-corrected chi connectivity index (χ4v) is 7.08. The third-order valence-corrected chi connectivity index (χ3v) is 9.58. The van der Waals surface area contributed by atoms with Crippen molar-refractivity contribution in [1.82, 2.24) is 0 Å². The van der Waals surface area contributed by atoms with E-state index in [9.17, 15) is 11.0 Å². The Bertz CT molecular complexity index is 4130. The van der Waals surface area contributed by atoms with Gasteiger partial charge in [-0.3, -0.25) is 0 Å². The number of rotatable bonds is 6. The quantitative estimate of drug-likeness (QED) is 0.171. The molecule has 11 rings (SSSR count). The van der Waals surface area contributed by atoms with Crippen LogP contribution >= 0.6 is 0 Å². The zero-order chi connectivity index (χ0) is 51.1. The number of furan rings is 2. The molecule has 55 heavy (non-hydrogen) atoms. The molecule has 0 atom stereocenters. The Morgan fingerprint density at radius 3 is 1.85 bits per heavy atom. The summed E-state index contributed by atoms with van der Waals surface area (Å²) in [6, 6.07) is 15.3. The Labute approximate surface area is 341 Å². The van der Waals surface area contributed by atoms with Crippen LogP contribution in [0, 0.1) is 0 Å². The molecule has 2 heterocycles. The summed E-state index contributed by atoms with van der Waals surface area (Å²) in [5.41, 5.74) is -1.81. The first-order valence-electron chi connectivity index (χ1n) is 25.8. The molecule has 0 saturated carbocycles. The molecule has 0 radical (unpaired) electrons. The van der Waals surface area contributed by atoms with Gasteiger partial charge in [0.05, 0.1) is 34.4 Å². The number of hydrogen-bond acceptors (Lipinski definition) is 3. The van der Waals surface area contributed by atoms with Crippen molar-refractivity contribution in [3.05, 3.63) is 200 Å². The first-order valence-corrected chi connectivity index (χ1v) is 17.3. The molecule has 9 aromatic carbocycles. The average molecular weight is 721 g/mol. The molecule has 0 N–H and O–H groups in total. The lowest BCUT2D eigenvalue weighted by Crippen LogP contribution is -2.10. The van der Waals surface area contributed by atoms with E-state index in [1.165, 1.54) is 0 Å². The standard InChI is InChI=1S/C52H33NO2/c1-2-11-34(12-3-1)35-23-25-36(26-24-35)37-27-30-40(31-28-37)53(47-20-10-22-49-50(47)46-32-29-38-13-4-5-16-42(38)52(46)55-49)41-15-8-14-39(33-41)43-18-9-19-45-44-17-6-7-21-48(44)54-51(43)45/h1-33H/i1D,2D,3D,8D,11D,12D,14D,15D,23D,24D,25D,26D,27D,28D,30D,31D,33D. The minimum Gasteiger partial charge on any atom is -0.455 e. The highest BCUT2D eigenvalue weighted by molar-refractivity contribution is 6.19. The van der Waals surface area contributed by atoms with Crippen molar-refractivity contribution in [3.8, 4) is 33.4 Å². The number of anilines is 3. The van der Waals surface area contributed by atoms with Gasteiger partial charge in [0.1, 0.15) is 22.3 Å². The molecule has 0 aliphatic heterocycles. The van der Waals surface area contributed by atoms with Gasteiger partial charge in [0.25, 0.3) is 0 Å². The lowest BCUT2D eigenvalue weighted by molar-refractivity contribution is 0.670. The Morgan fingerprint density at radius 1 is 0.400 bits per heavy atom. The first kappa shape index (κ1) is 18.6. The maximum Gasteiger partial charge on any atom is 0.143 e. The second-order valence-electron chi connectivity index (χ2n) is 12.7. The van der Waals surface area contributed by atoms with E-state index < -0.39 is 136 Å². The third-order valence-electron chi connectivity index (χ3n) is 9.58. The van der Waals surface area contributed by atoms with E-state index in [1.54, 1.807) is 48.5 Å². The van der Waals surface area contributed by atoms with E-state index in [0.717, 1.165) is 21.1 Å². The third kappa shape index (κ3) is 5.20. The van der Waals surface area contributed by atoms with Crippen LogP contribution in [-0.4, -0.2) is 0 Å². The Kier molecular flexibility index (Phi) is 4.28. The van der Waals surface area contributed by atoms with Crippen LogP contribution in [0.15, 0.2) is 209 Å². The van der Waals surface area contributed by atoms with Gasteiger partial charge in [0.15, 0.2) is 0 Å². The minimum atomic E-state index is -0.888. The Hall–Kier alpha value is -7.36. The predicted molar refractivity (Wildman–Crippen MR) is 229 cm³/mol. The largest absolute Gasteiger partial charge is 0.455 e. The van der Waals surface area contributed by atoms with Crippen molar-refractivity contribution in [2.45, 2.75) is 0 Å². The monoisotopic (exact) mass is 720 g/mol. The van der Waals surface area contributed by atoms with Crippen molar-refractivity contribution in [2.24, 2.45) is 0 Å². The molecular weight excluding hydrogens is 671 g/mol. The molecule has 2 aromatic heterocycles. The number of para-hydroxylation sites is 2. The SMILES string of the molecule is [2H]c1c([2H])c([2H])c(-c2c([2H])c([2H])c(-c3c([2H])c([2H])c(N(c4c([2H])c([2H])c([2H])c(-c5cccc6c5oc5ccccc56)c4[2H])c4cccc5oc6c7ccccc7ccc6c45)c([2H])c3[2H])c([2H])c2[2H])c([2H])c1[2H]. The van der Waals surface area contributed by atoms with Crippen molar-refractivity contribution >= 4 is 71.7 Å². The van der Waals surface area contributed by atoms with Gasteiger partial charge >= 0.3 is 0 Å². The zero-order valence-corrected chi connectivity index (χ0v) is 28.5. The van der Waals surface area contributed by atoms with Gasteiger partial charge in [-0.25, -0.2) is 0 Å². The Balaban J connectivity index is 1.23. The predicted octanol–water partition coefficient (Wildman–Crippen LogP) is 15.1. The smallest absolute Gasteiger partial charge is 0.143 e. The molecule has 3 heteroatoms. The van der Waals surface area contributed by atoms with Crippen LogP contribution in [0.4, 0.5) is 17.1 Å². The summed E-state index contributed by atoms with van der Waals surface area (Å²) in [5.74, 6) is 0.